The topological polar surface area (TPSA) is 37.8 Å². The van der Waals surface area contributed by atoms with Crippen LogP contribution >= 0.6 is 43.2 Å². The summed E-state index contributed by atoms with van der Waals surface area (Å²) in [5.41, 5.74) is 1.09. The van der Waals surface area contributed by atoms with E-state index in [2.05, 4.69) is 73.4 Å². The first kappa shape index (κ1) is 16.1. The van der Waals surface area contributed by atoms with Crippen LogP contribution in [-0.4, -0.2) is 23.3 Å². The summed E-state index contributed by atoms with van der Waals surface area (Å²) in [6.45, 7) is 6.42. The molecule has 0 atom stereocenters. The highest BCUT2D eigenvalue weighted by molar-refractivity contribution is 9.11. The fraction of sp³-hybridized carbons (Fsp3) is 0.429. The Bertz CT molecular complexity index is 549. The van der Waals surface area contributed by atoms with Gasteiger partial charge in [-0.15, -0.1) is 10.2 Å². The van der Waals surface area contributed by atoms with Crippen LogP contribution in [0, 0.1) is 5.92 Å². The number of rotatable bonds is 6. The predicted molar refractivity (Wildman–Crippen MR) is 92.2 cm³/mol. The summed E-state index contributed by atoms with van der Waals surface area (Å²) in [6.07, 6.45) is 0.930. The van der Waals surface area contributed by atoms with Gasteiger partial charge in [0.15, 0.2) is 0 Å². The number of aromatic nitrogens is 2. The Morgan fingerprint density at radius 1 is 1.15 bits per heavy atom. The van der Waals surface area contributed by atoms with Crippen molar-refractivity contribution in [3.05, 3.63) is 32.2 Å². The van der Waals surface area contributed by atoms with Crippen LogP contribution in [0.1, 0.15) is 18.9 Å². The van der Waals surface area contributed by atoms with Crippen LogP contribution in [-0.2, 0) is 6.42 Å². The van der Waals surface area contributed by atoms with Crippen molar-refractivity contribution in [2.24, 2.45) is 5.92 Å². The normalized spacial score (nSPS) is 11.2. The van der Waals surface area contributed by atoms with Gasteiger partial charge in [0, 0.05) is 27.5 Å². The first-order valence-electron chi connectivity index (χ1n) is 6.54. The first-order valence-corrected chi connectivity index (χ1v) is 8.94. The molecule has 0 spiro atoms. The van der Waals surface area contributed by atoms with Gasteiger partial charge in [-0.25, -0.2) is 0 Å². The Balaban J connectivity index is 1.98. The Morgan fingerprint density at radius 3 is 2.50 bits per heavy atom. The molecule has 0 aliphatic rings. The van der Waals surface area contributed by atoms with E-state index in [1.165, 1.54) is 0 Å². The van der Waals surface area contributed by atoms with Crippen molar-refractivity contribution in [1.29, 1.82) is 0 Å². The van der Waals surface area contributed by atoms with Crippen LogP contribution in [0.3, 0.4) is 0 Å². The molecule has 1 N–H and O–H groups in total. The summed E-state index contributed by atoms with van der Waals surface area (Å²) in [6, 6.07) is 6.14. The van der Waals surface area contributed by atoms with Crippen LogP contribution in [0.15, 0.2) is 27.1 Å². The van der Waals surface area contributed by atoms with Crippen LogP contribution in [0.5, 0.6) is 0 Å². The zero-order valence-electron chi connectivity index (χ0n) is 11.5. The van der Waals surface area contributed by atoms with E-state index in [1.807, 2.05) is 6.07 Å². The highest BCUT2D eigenvalue weighted by atomic mass is 79.9. The first-order chi connectivity index (χ1) is 9.54. The SMILES string of the molecule is CC(C)CNCCc1nnc(-c2cc(Br)cc(Br)c2)s1. The molecule has 0 aliphatic heterocycles. The molecule has 0 fully saturated rings. The fourth-order valence-electron chi connectivity index (χ4n) is 1.73. The van der Waals surface area contributed by atoms with Crippen LogP contribution in [0.4, 0.5) is 0 Å². The van der Waals surface area contributed by atoms with Gasteiger partial charge in [-0.1, -0.05) is 57.0 Å². The van der Waals surface area contributed by atoms with Gasteiger partial charge in [-0.05, 0) is 30.7 Å². The number of nitrogens with zero attached hydrogens (tertiary/aromatic N) is 2. The van der Waals surface area contributed by atoms with Gasteiger partial charge in [0.2, 0.25) is 0 Å². The van der Waals surface area contributed by atoms with Crippen molar-refractivity contribution in [3.63, 3.8) is 0 Å². The molecule has 1 aromatic heterocycles. The van der Waals surface area contributed by atoms with E-state index in [0.29, 0.717) is 5.92 Å². The highest BCUT2D eigenvalue weighted by Gasteiger charge is 2.08. The Kier molecular flexibility index (Phi) is 6.14. The zero-order chi connectivity index (χ0) is 14.5. The van der Waals surface area contributed by atoms with E-state index in [4.69, 9.17) is 0 Å². The largest absolute Gasteiger partial charge is 0.316 e. The summed E-state index contributed by atoms with van der Waals surface area (Å²) in [7, 11) is 0. The number of halogens is 2. The molecule has 2 aromatic rings. The lowest BCUT2D eigenvalue weighted by Gasteiger charge is -2.05. The van der Waals surface area contributed by atoms with E-state index in [1.54, 1.807) is 11.3 Å². The van der Waals surface area contributed by atoms with E-state index >= 15 is 0 Å². The number of benzene rings is 1. The molecule has 0 radical (unpaired) electrons. The molecule has 0 amide bonds. The Morgan fingerprint density at radius 2 is 1.85 bits per heavy atom. The molecule has 0 saturated heterocycles. The molecular weight excluding hydrogens is 402 g/mol. The van der Waals surface area contributed by atoms with E-state index in [-0.39, 0.29) is 0 Å². The summed E-state index contributed by atoms with van der Waals surface area (Å²) in [5, 5.41) is 14.0. The molecule has 0 unspecified atom stereocenters. The van der Waals surface area contributed by atoms with Gasteiger partial charge in [0.1, 0.15) is 10.0 Å². The van der Waals surface area contributed by atoms with Crippen molar-refractivity contribution in [1.82, 2.24) is 15.5 Å². The third-order valence-corrected chi connectivity index (χ3v) is 4.59. The zero-order valence-corrected chi connectivity index (χ0v) is 15.5. The molecule has 1 heterocycles. The number of hydrogen-bond acceptors (Lipinski definition) is 4. The number of nitrogens with one attached hydrogen (secondary N) is 1. The monoisotopic (exact) mass is 417 g/mol. The van der Waals surface area contributed by atoms with Crippen molar-refractivity contribution in [2.75, 3.05) is 13.1 Å². The lowest BCUT2D eigenvalue weighted by Crippen LogP contribution is -2.22. The molecule has 3 nitrogen and oxygen atoms in total. The van der Waals surface area contributed by atoms with Gasteiger partial charge in [0.25, 0.3) is 0 Å². The Labute approximate surface area is 140 Å². The molecule has 20 heavy (non-hydrogen) atoms. The van der Waals surface area contributed by atoms with Crippen LogP contribution in [0.25, 0.3) is 10.6 Å². The predicted octanol–water partition coefficient (Wildman–Crippen LogP) is 4.52. The summed E-state index contributed by atoms with van der Waals surface area (Å²) >= 11 is 8.65. The maximum Gasteiger partial charge on any atom is 0.147 e. The molecule has 0 bridgehead atoms. The van der Waals surface area contributed by atoms with Crippen molar-refractivity contribution in [3.8, 4) is 10.6 Å². The number of hydrogen-bond donors (Lipinski definition) is 1. The molecule has 0 saturated carbocycles. The minimum Gasteiger partial charge on any atom is -0.316 e. The average Bonchev–Trinajstić information content (AvgIpc) is 2.82. The second-order valence-corrected chi connectivity index (χ2v) is 7.90. The quantitative estimate of drug-likeness (QED) is 0.700. The second kappa shape index (κ2) is 7.64. The van der Waals surface area contributed by atoms with E-state index in [9.17, 15) is 0 Å². The van der Waals surface area contributed by atoms with Gasteiger partial charge in [-0.3, -0.25) is 0 Å². The van der Waals surface area contributed by atoms with E-state index < -0.39 is 0 Å². The molecule has 108 valence electrons. The summed E-state index contributed by atoms with van der Waals surface area (Å²) in [5.74, 6) is 0.680. The highest BCUT2D eigenvalue weighted by Crippen LogP contribution is 2.29. The van der Waals surface area contributed by atoms with Crippen molar-refractivity contribution in [2.45, 2.75) is 20.3 Å². The second-order valence-electron chi connectivity index (χ2n) is 5.01. The Hall–Kier alpha value is -0.300. The molecule has 2 rings (SSSR count). The molecule has 6 heteroatoms. The lowest BCUT2D eigenvalue weighted by atomic mass is 10.2. The lowest BCUT2D eigenvalue weighted by molar-refractivity contribution is 0.553. The van der Waals surface area contributed by atoms with Gasteiger partial charge >= 0.3 is 0 Å². The van der Waals surface area contributed by atoms with Gasteiger partial charge in [0.05, 0.1) is 0 Å². The van der Waals surface area contributed by atoms with Crippen molar-refractivity contribution >= 4 is 43.2 Å². The minimum absolute atomic E-state index is 0.680. The maximum absolute atomic E-state index is 4.28. The van der Waals surface area contributed by atoms with Crippen LogP contribution < -0.4 is 5.32 Å². The maximum atomic E-state index is 4.28. The summed E-state index contributed by atoms with van der Waals surface area (Å²) < 4.78 is 2.08. The molecule has 1 aromatic carbocycles. The average molecular weight is 419 g/mol. The van der Waals surface area contributed by atoms with Gasteiger partial charge in [-0.2, -0.15) is 0 Å². The van der Waals surface area contributed by atoms with Crippen LogP contribution in [0.2, 0.25) is 0 Å². The minimum atomic E-state index is 0.680. The van der Waals surface area contributed by atoms with Gasteiger partial charge < -0.3 is 5.32 Å². The third kappa shape index (κ3) is 4.91. The third-order valence-electron chi connectivity index (χ3n) is 2.64. The smallest absolute Gasteiger partial charge is 0.147 e. The molecule has 0 aliphatic carbocycles. The summed E-state index contributed by atoms with van der Waals surface area (Å²) in [4.78, 5) is 0. The fourth-order valence-corrected chi connectivity index (χ4v) is 3.85. The standard InChI is InChI=1S/C14H17Br2N3S/c1-9(2)8-17-4-3-13-18-19-14(20-13)10-5-11(15)7-12(16)6-10/h5-7,9,17H,3-4,8H2,1-2H3. The van der Waals surface area contributed by atoms with E-state index in [0.717, 1.165) is 44.0 Å². The molecular formula is C14H17Br2N3S. The van der Waals surface area contributed by atoms with Crippen molar-refractivity contribution < 1.29 is 0 Å².